The van der Waals surface area contributed by atoms with Crippen LogP contribution < -0.4 is 15.2 Å². The van der Waals surface area contributed by atoms with E-state index in [1.54, 1.807) is 33.8 Å². The van der Waals surface area contributed by atoms with Gasteiger partial charge in [-0.1, -0.05) is 0 Å². The Hall–Kier alpha value is -1.34. The number of hydrogen-bond donors (Lipinski definition) is 3. The molecule has 0 atom stereocenters. The first-order valence-electron chi connectivity index (χ1n) is 5.13. The maximum absolute atomic E-state index is 11.7. The Bertz CT molecular complexity index is 506. The van der Waals surface area contributed by atoms with Crippen LogP contribution in [0.25, 0.3) is 0 Å². The van der Waals surface area contributed by atoms with E-state index in [9.17, 15) is 8.42 Å². The minimum Gasteiger partial charge on any atom is -0.397 e. The van der Waals surface area contributed by atoms with Crippen LogP contribution in [-0.2, 0) is 10.2 Å². The predicted octanol–water partition coefficient (Wildman–Crippen LogP) is 1.02. The van der Waals surface area contributed by atoms with Crippen molar-refractivity contribution in [2.45, 2.75) is 33.2 Å². The first-order chi connectivity index (χ1) is 7.59. The van der Waals surface area contributed by atoms with Crippen LogP contribution in [0.2, 0.25) is 0 Å². The topological polar surface area (TPSA) is 97.1 Å². The van der Waals surface area contributed by atoms with Gasteiger partial charge in [-0.3, -0.25) is 4.72 Å². The van der Waals surface area contributed by atoms with Crippen molar-refractivity contribution >= 4 is 21.7 Å². The maximum atomic E-state index is 11.7. The summed E-state index contributed by atoms with van der Waals surface area (Å²) in [6.45, 7) is 7.06. The Morgan fingerprint density at radius 1 is 1.35 bits per heavy atom. The molecule has 1 aromatic rings. The van der Waals surface area contributed by atoms with Gasteiger partial charge in [0.2, 0.25) is 0 Å². The van der Waals surface area contributed by atoms with Gasteiger partial charge in [-0.15, -0.1) is 0 Å². The molecule has 96 valence electrons. The monoisotopic (exact) mass is 258 g/mol. The van der Waals surface area contributed by atoms with Gasteiger partial charge in [0.15, 0.2) is 0 Å². The van der Waals surface area contributed by atoms with Crippen molar-refractivity contribution in [3.05, 3.63) is 17.8 Å². The van der Waals surface area contributed by atoms with E-state index in [0.717, 1.165) is 5.56 Å². The molecule has 0 aliphatic carbocycles. The van der Waals surface area contributed by atoms with E-state index in [-0.39, 0.29) is 5.82 Å². The predicted molar refractivity (Wildman–Crippen MR) is 68.8 cm³/mol. The highest BCUT2D eigenvalue weighted by Crippen LogP contribution is 2.14. The van der Waals surface area contributed by atoms with Crippen molar-refractivity contribution in [3.8, 4) is 0 Å². The molecule has 0 amide bonds. The van der Waals surface area contributed by atoms with Crippen LogP contribution in [0.5, 0.6) is 0 Å². The lowest BCUT2D eigenvalue weighted by Crippen LogP contribution is -2.43. The van der Waals surface area contributed by atoms with E-state index in [1.165, 1.54) is 6.20 Å². The van der Waals surface area contributed by atoms with Crippen molar-refractivity contribution in [1.82, 2.24) is 9.71 Å². The second kappa shape index (κ2) is 4.50. The Labute approximate surface area is 102 Å². The summed E-state index contributed by atoms with van der Waals surface area (Å²) >= 11 is 0. The molecule has 0 saturated carbocycles. The fraction of sp³-hybridized carbons (Fsp3) is 0.500. The SMILES string of the molecule is Cc1cc(NS(=O)(=O)NC(C)(C)C)ncc1N. The summed E-state index contributed by atoms with van der Waals surface area (Å²) in [6, 6.07) is 1.58. The van der Waals surface area contributed by atoms with E-state index in [4.69, 9.17) is 5.73 Å². The van der Waals surface area contributed by atoms with Gasteiger partial charge in [0.25, 0.3) is 0 Å². The Morgan fingerprint density at radius 3 is 2.41 bits per heavy atom. The van der Waals surface area contributed by atoms with E-state index in [0.29, 0.717) is 5.69 Å². The highest BCUT2D eigenvalue weighted by molar-refractivity contribution is 7.90. The largest absolute Gasteiger partial charge is 0.397 e. The molecule has 0 spiro atoms. The second-order valence-electron chi connectivity index (χ2n) is 4.88. The number of aryl methyl sites for hydroxylation is 1. The molecule has 1 aromatic heterocycles. The Balaban J connectivity index is 2.87. The molecular weight excluding hydrogens is 240 g/mol. The van der Waals surface area contributed by atoms with Crippen LogP contribution in [0.4, 0.5) is 11.5 Å². The maximum Gasteiger partial charge on any atom is 0.300 e. The first kappa shape index (κ1) is 13.7. The number of anilines is 2. The lowest BCUT2D eigenvalue weighted by molar-refractivity contribution is 0.494. The molecule has 0 aliphatic heterocycles. The number of rotatable bonds is 3. The molecule has 0 radical (unpaired) electrons. The Morgan fingerprint density at radius 2 is 1.94 bits per heavy atom. The zero-order valence-corrected chi connectivity index (χ0v) is 11.2. The fourth-order valence-corrected chi connectivity index (χ4v) is 2.43. The van der Waals surface area contributed by atoms with Crippen molar-refractivity contribution in [1.29, 1.82) is 0 Å². The molecule has 4 N–H and O–H groups in total. The minimum absolute atomic E-state index is 0.244. The lowest BCUT2D eigenvalue weighted by atomic mass is 10.1. The first-order valence-corrected chi connectivity index (χ1v) is 6.61. The van der Waals surface area contributed by atoms with Crippen molar-refractivity contribution < 1.29 is 8.42 Å². The standard InChI is InChI=1S/C10H18N4O2S/c1-7-5-9(12-6-8(7)11)13-17(15,16)14-10(2,3)4/h5-6,14H,11H2,1-4H3,(H,12,13). The minimum atomic E-state index is -3.63. The number of nitrogens with two attached hydrogens (primary N) is 1. The number of nitrogens with one attached hydrogen (secondary N) is 2. The molecule has 0 aliphatic rings. The number of nitrogens with zero attached hydrogens (tertiary/aromatic N) is 1. The van der Waals surface area contributed by atoms with Gasteiger partial charge < -0.3 is 5.73 Å². The fourth-order valence-electron chi connectivity index (χ4n) is 1.19. The molecule has 1 heterocycles. The third-order valence-electron chi connectivity index (χ3n) is 1.83. The highest BCUT2D eigenvalue weighted by Gasteiger charge is 2.20. The van der Waals surface area contributed by atoms with Gasteiger partial charge in [0.05, 0.1) is 11.9 Å². The number of aromatic nitrogens is 1. The van der Waals surface area contributed by atoms with Crippen LogP contribution in [-0.4, -0.2) is 18.9 Å². The van der Waals surface area contributed by atoms with Crippen LogP contribution >= 0.6 is 0 Å². The van der Waals surface area contributed by atoms with Gasteiger partial charge in [-0.05, 0) is 39.3 Å². The third-order valence-corrected chi connectivity index (χ3v) is 3.19. The molecule has 7 heteroatoms. The van der Waals surface area contributed by atoms with Gasteiger partial charge in [0, 0.05) is 5.54 Å². The summed E-state index contributed by atoms with van der Waals surface area (Å²) in [5.74, 6) is 0.244. The van der Waals surface area contributed by atoms with Crippen LogP contribution in [0.3, 0.4) is 0 Å². The van der Waals surface area contributed by atoms with Gasteiger partial charge in [-0.2, -0.15) is 13.1 Å². The van der Waals surface area contributed by atoms with E-state index in [1.807, 2.05) is 0 Å². The third kappa shape index (κ3) is 4.58. The van der Waals surface area contributed by atoms with Gasteiger partial charge >= 0.3 is 10.2 Å². The molecule has 0 bridgehead atoms. The summed E-state index contributed by atoms with van der Waals surface area (Å²) < 4.78 is 28.2. The zero-order valence-electron chi connectivity index (χ0n) is 10.4. The van der Waals surface area contributed by atoms with Crippen molar-refractivity contribution in [2.75, 3.05) is 10.5 Å². The summed E-state index contributed by atoms with van der Waals surface area (Å²) in [4.78, 5) is 3.90. The van der Waals surface area contributed by atoms with E-state index in [2.05, 4.69) is 14.4 Å². The number of nitrogen functional groups attached to an aromatic ring is 1. The van der Waals surface area contributed by atoms with E-state index >= 15 is 0 Å². The number of pyridine rings is 1. The summed E-state index contributed by atoms with van der Waals surface area (Å²) in [5.41, 5.74) is 6.35. The molecule has 0 saturated heterocycles. The van der Waals surface area contributed by atoms with Crippen molar-refractivity contribution in [2.24, 2.45) is 0 Å². The Kier molecular flexibility index (Phi) is 3.63. The quantitative estimate of drug-likeness (QED) is 0.754. The van der Waals surface area contributed by atoms with Gasteiger partial charge in [-0.25, -0.2) is 4.98 Å². The number of hydrogen-bond acceptors (Lipinski definition) is 4. The molecular formula is C10H18N4O2S. The summed E-state index contributed by atoms with van der Waals surface area (Å²) in [5, 5.41) is 0. The van der Waals surface area contributed by atoms with Crippen LogP contribution in [0.15, 0.2) is 12.3 Å². The molecule has 17 heavy (non-hydrogen) atoms. The highest BCUT2D eigenvalue weighted by atomic mass is 32.2. The van der Waals surface area contributed by atoms with Gasteiger partial charge in [0.1, 0.15) is 5.82 Å². The van der Waals surface area contributed by atoms with Crippen LogP contribution in [0, 0.1) is 6.92 Å². The molecule has 1 rings (SSSR count). The zero-order chi connectivity index (χ0) is 13.3. The normalized spacial score (nSPS) is 12.5. The molecule has 6 nitrogen and oxygen atoms in total. The summed E-state index contributed by atoms with van der Waals surface area (Å²) in [7, 11) is -3.63. The molecule has 0 aromatic carbocycles. The molecule has 0 unspecified atom stereocenters. The summed E-state index contributed by atoms with van der Waals surface area (Å²) in [6.07, 6.45) is 1.42. The average molecular weight is 258 g/mol. The van der Waals surface area contributed by atoms with E-state index < -0.39 is 15.7 Å². The smallest absolute Gasteiger partial charge is 0.300 e. The molecule has 0 fully saturated rings. The van der Waals surface area contributed by atoms with Crippen LogP contribution in [0.1, 0.15) is 26.3 Å². The second-order valence-corrected chi connectivity index (χ2v) is 6.30. The van der Waals surface area contributed by atoms with Crippen molar-refractivity contribution in [3.63, 3.8) is 0 Å². The lowest BCUT2D eigenvalue weighted by Gasteiger charge is -2.20. The average Bonchev–Trinajstić information content (AvgIpc) is 2.06.